The second-order valence-electron chi connectivity index (χ2n) is 3.10. The lowest BCUT2D eigenvalue weighted by atomic mass is 10.2. The summed E-state index contributed by atoms with van der Waals surface area (Å²) >= 11 is 0. The van der Waals surface area contributed by atoms with Gasteiger partial charge in [0.05, 0.1) is 6.04 Å². The Morgan fingerprint density at radius 2 is 2.00 bits per heavy atom. The van der Waals surface area contributed by atoms with Crippen LogP contribution in [0, 0.1) is 11.6 Å². The minimum absolute atomic E-state index is 0.405. The van der Waals surface area contributed by atoms with Crippen LogP contribution >= 0.6 is 0 Å². The number of halogens is 2. The van der Waals surface area contributed by atoms with Crippen LogP contribution in [0.1, 0.15) is 13.3 Å². The number of para-hydroxylation sites is 1. The average molecular weight is 214 g/mol. The average Bonchev–Trinajstić information content (AvgIpc) is 2.22. The maximum atomic E-state index is 13.1. The van der Waals surface area contributed by atoms with Gasteiger partial charge in [-0.1, -0.05) is 13.0 Å². The Kier molecular flexibility index (Phi) is 3.74. The molecule has 1 amide bonds. The molecule has 5 heteroatoms. The minimum atomic E-state index is -0.813. The number of rotatable bonds is 3. The summed E-state index contributed by atoms with van der Waals surface area (Å²) in [5.74, 6) is -2.22. The Morgan fingerprint density at radius 3 is 2.47 bits per heavy atom. The van der Waals surface area contributed by atoms with E-state index in [-0.39, 0.29) is 0 Å². The molecule has 1 atom stereocenters. The highest BCUT2D eigenvalue weighted by Crippen LogP contribution is 2.17. The van der Waals surface area contributed by atoms with Gasteiger partial charge in [0, 0.05) is 0 Å². The van der Waals surface area contributed by atoms with Gasteiger partial charge in [0.1, 0.15) is 17.3 Å². The number of nitrogens with one attached hydrogen (secondary N) is 1. The van der Waals surface area contributed by atoms with E-state index < -0.39 is 29.3 Å². The predicted molar refractivity (Wildman–Crippen MR) is 53.3 cm³/mol. The molecule has 82 valence electrons. The summed E-state index contributed by atoms with van der Waals surface area (Å²) in [5.41, 5.74) is 4.96. The normalized spacial score (nSPS) is 12.3. The molecule has 0 bridgehead atoms. The van der Waals surface area contributed by atoms with Gasteiger partial charge in [-0.2, -0.15) is 0 Å². The molecule has 0 aliphatic heterocycles. The standard InChI is InChI=1S/C10H12F2N2O/c1-2-8(13)10(15)14-9-6(11)4-3-5-7(9)12/h3-5,8H,2,13H2,1H3,(H,14,15)/t8-/m1/s1. The van der Waals surface area contributed by atoms with Crippen LogP contribution in [0.4, 0.5) is 14.5 Å². The van der Waals surface area contributed by atoms with Gasteiger partial charge in [0.25, 0.3) is 0 Å². The number of amides is 1. The SMILES string of the molecule is CC[C@@H](N)C(=O)Nc1c(F)cccc1F. The maximum absolute atomic E-state index is 13.1. The molecule has 3 nitrogen and oxygen atoms in total. The summed E-state index contributed by atoms with van der Waals surface area (Å²) in [4.78, 5) is 11.3. The van der Waals surface area contributed by atoms with Crippen LogP contribution in [-0.2, 0) is 4.79 Å². The lowest BCUT2D eigenvalue weighted by Gasteiger charge is -2.11. The highest BCUT2D eigenvalue weighted by Gasteiger charge is 2.15. The largest absolute Gasteiger partial charge is 0.320 e. The Balaban J connectivity index is 2.85. The van der Waals surface area contributed by atoms with E-state index >= 15 is 0 Å². The molecule has 0 saturated heterocycles. The van der Waals surface area contributed by atoms with Crippen LogP contribution in [0.3, 0.4) is 0 Å². The first-order valence-corrected chi connectivity index (χ1v) is 4.56. The van der Waals surface area contributed by atoms with Crippen LogP contribution in [0.2, 0.25) is 0 Å². The van der Waals surface area contributed by atoms with Crippen LogP contribution in [-0.4, -0.2) is 11.9 Å². The summed E-state index contributed by atoms with van der Waals surface area (Å²) in [6.07, 6.45) is 0.405. The Hall–Kier alpha value is -1.49. The van der Waals surface area contributed by atoms with E-state index in [2.05, 4.69) is 5.32 Å². The third kappa shape index (κ3) is 2.73. The fourth-order valence-electron chi connectivity index (χ4n) is 1.02. The third-order valence-electron chi connectivity index (χ3n) is 1.99. The molecule has 0 aromatic heterocycles. The zero-order chi connectivity index (χ0) is 11.4. The number of hydrogen-bond donors (Lipinski definition) is 2. The van der Waals surface area contributed by atoms with Crippen LogP contribution in [0.25, 0.3) is 0 Å². The van der Waals surface area contributed by atoms with E-state index in [0.29, 0.717) is 6.42 Å². The van der Waals surface area contributed by atoms with Gasteiger partial charge in [0.15, 0.2) is 0 Å². The summed E-state index contributed by atoms with van der Waals surface area (Å²) in [5, 5.41) is 2.12. The molecule has 0 heterocycles. The molecule has 1 aromatic rings. The van der Waals surface area contributed by atoms with E-state index in [0.717, 1.165) is 12.1 Å². The summed E-state index contributed by atoms with van der Waals surface area (Å²) in [6.45, 7) is 1.71. The molecule has 1 aromatic carbocycles. The molecule has 0 aliphatic carbocycles. The fraction of sp³-hybridized carbons (Fsp3) is 0.300. The predicted octanol–water partition coefficient (Wildman–Crippen LogP) is 1.64. The smallest absolute Gasteiger partial charge is 0.241 e. The van der Waals surface area contributed by atoms with Gasteiger partial charge >= 0.3 is 0 Å². The van der Waals surface area contributed by atoms with Crippen molar-refractivity contribution >= 4 is 11.6 Å². The van der Waals surface area contributed by atoms with Crippen molar-refractivity contribution < 1.29 is 13.6 Å². The quantitative estimate of drug-likeness (QED) is 0.803. The van der Waals surface area contributed by atoms with Crippen molar-refractivity contribution in [1.29, 1.82) is 0 Å². The van der Waals surface area contributed by atoms with Gasteiger partial charge in [-0.25, -0.2) is 8.78 Å². The Morgan fingerprint density at radius 1 is 1.47 bits per heavy atom. The van der Waals surface area contributed by atoms with Crippen molar-refractivity contribution in [2.24, 2.45) is 5.73 Å². The van der Waals surface area contributed by atoms with Gasteiger partial charge in [-0.3, -0.25) is 4.79 Å². The molecule has 0 fully saturated rings. The number of hydrogen-bond acceptors (Lipinski definition) is 2. The maximum Gasteiger partial charge on any atom is 0.241 e. The van der Waals surface area contributed by atoms with E-state index in [1.54, 1.807) is 6.92 Å². The highest BCUT2D eigenvalue weighted by molar-refractivity contribution is 5.94. The van der Waals surface area contributed by atoms with Crippen LogP contribution in [0.5, 0.6) is 0 Å². The third-order valence-corrected chi connectivity index (χ3v) is 1.99. The molecule has 0 spiro atoms. The van der Waals surface area contributed by atoms with Crippen LogP contribution in [0.15, 0.2) is 18.2 Å². The molecule has 15 heavy (non-hydrogen) atoms. The van der Waals surface area contributed by atoms with E-state index in [1.165, 1.54) is 6.07 Å². The zero-order valence-corrected chi connectivity index (χ0v) is 8.26. The summed E-state index contributed by atoms with van der Waals surface area (Å²) in [6, 6.07) is 2.59. The summed E-state index contributed by atoms with van der Waals surface area (Å²) < 4.78 is 26.2. The number of carbonyl (C=O) groups is 1. The summed E-state index contributed by atoms with van der Waals surface area (Å²) in [7, 11) is 0. The topological polar surface area (TPSA) is 55.1 Å². The molecular weight excluding hydrogens is 202 g/mol. The van der Waals surface area contributed by atoms with Gasteiger partial charge in [0.2, 0.25) is 5.91 Å². The molecule has 0 unspecified atom stereocenters. The molecule has 0 saturated carbocycles. The Labute approximate surface area is 86.3 Å². The molecule has 0 aliphatic rings. The van der Waals surface area contributed by atoms with Crippen molar-refractivity contribution in [1.82, 2.24) is 0 Å². The molecular formula is C10H12F2N2O. The lowest BCUT2D eigenvalue weighted by Crippen LogP contribution is -2.35. The molecule has 1 rings (SSSR count). The number of carbonyl (C=O) groups excluding carboxylic acids is 1. The first-order chi connectivity index (χ1) is 7.06. The van der Waals surface area contributed by atoms with Gasteiger partial charge in [-0.05, 0) is 18.6 Å². The number of nitrogens with two attached hydrogens (primary N) is 1. The Bertz CT molecular complexity index is 348. The molecule has 3 N–H and O–H groups in total. The second kappa shape index (κ2) is 4.84. The van der Waals surface area contributed by atoms with Crippen molar-refractivity contribution in [3.8, 4) is 0 Å². The van der Waals surface area contributed by atoms with Crippen molar-refractivity contribution in [2.45, 2.75) is 19.4 Å². The van der Waals surface area contributed by atoms with Gasteiger partial charge < -0.3 is 11.1 Å². The monoisotopic (exact) mass is 214 g/mol. The van der Waals surface area contributed by atoms with Crippen LogP contribution < -0.4 is 11.1 Å². The van der Waals surface area contributed by atoms with Crippen molar-refractivity contribution in [2.75, 3.05) is 5.32 Å². The minimum Gasteiger partial charge on any atom is -0.320 e. The van der Waals surface area contributed by atoms with Gasteiger partial charge in [-0.15, -0.1) is 0 Å². The van der Waals surface area contributed by atoms with E-state index in [9.17, 15) is 13.6 Å². The van der Waals surface area contributed by atoms with E-state index in [1.807, 2.05) is 0 Å². The zero-order valence-electron chi connectivity index (χ0n) is 8.26. The number of benzene rings is 1. The number of anilines is 1. The first kappa shape index (κ1) is 11.6. The van der Waals surface area contributed by atoms with Crippen molar-refractivity contribution in [3.63, 3.8) is 0 Å². The fourth-order valence-corrected chi connectivity index (χ4v) is 1.02. The van der Waals surface area contributed by atoms with E-state index in [4.69, 9.17) is 5.73 Å². The first-order valence-electron chi connectivity index (χ1n) is 4.56. The van der Waals surface area contributed by atoms with Crippen molar-refractivity contribution in [3.05, 3.63) is 29.8 Å². The second-order valence-corrected chi connectivity index (χ2v) is 3.10. The molecule has 0 radical (unpaired) electrons. The highest BCUT2D eigenvalue weighted by atomic mass is 19.1. The lowest BCUT2D eigenvalue weighted by molar-refractivity contribution is -0.117.